The molecule has 1 atom stereocenters. The van der Waals surface area contributed by atoms with Crippen molar-refractivity contribution in [2.24, 2.45) is 4.99 Å². The van der Waals surface area contributed by atoms with Crippen LogP contribution in [0.3, 0.4) is 0 Å². The number of hydrogen-bond acceptors (Lipinski definition) is 5. The van der Waals surface area contributed by atoms with E-state index in [2.05, 4.69) is 38.4 Å². The summed E-state index contributed by atoms with van der Waals surface area (Å²) in [6.07, 6.45) is 10.4. The van der Waals surface area contributed by atoms with Crippen LogP contribution in [0.15, 0.2) is 94.7 Å². The van der Waals surface area contributed by atoms with Crippen molar-refractivity contribution in [2.75, 3.05) is 0 Å². The summed E-state index contributed by atoms with van der Waals surface area (Å²) in [7, 11) is 0. The van der Waals surface area contributed by atoms with E-state index < -0.39 is 0 Å². The van der Waals surface area contributed by atoms with E-state index in [1.165, 1.54) is 5.56 Å². The summed E-state index contributed by atoms with van der Waals surface area (Å²) in [4.78, 5) is 8.19. The lowest BCUT2D eigenvalue weighted by atomic mass is 9.94. The van der Waals surface area contributed by atoms with E-state index in [0.29, 0.717) is 17.7 Å². The van der Waals surface area contributed by atoms with E-state index in [1.54, 1.807) is 12.4 Å². The first kappa shape index (κ1) is 17.3. The van der Waals surface area contributed by atoms with Gasteiger partial charge in [0, 0.05) is 41.9 Å². The van der Waals surface area contributed by atoms with E-state index >= 15 is 0 Å². The highest BCUT2D eigenvalue weighted by Crippen LogP contribution is 2.28. The fourth-order valence-electron chi connectivity index (χ4n) is 3.39. The molecular formula is C24H18N4O. The molecule has 0 bridgehead atoms. The number of aromatic nitrogens is 3. The van der Waals surface area contributed by atoms with Gasteiger partial charge in [-0.2, -0.15) is 0 Å². The van der Waals surface area contributed by atoms with Gasteiger partial charge in [-0.3, -0.25) is 9.98 Å². The largest absolute Gasteiger partial charge is 0.416 e. The topological polar surface area (TPSA) is 64.2 Å². The Morgan fingerprint density at radius 2 is 1.28 bits per heavy atom. The minimum absolute atomic E-state index is 0.374. The van der Waals surface area contributed by atoms with Crippen LogP contribution in [0.5, 0.6) is 0 Å². The highest BCUT2D eigenvalue weighted by Gasteiger charge is 2.13. The Morgan fingerprint density at radius 1 is 0.690 bits per heavy atom. The minimum Gasteiger partial charge on any atom is -0.416 e. The monoisotopic (exact) mass is 378 g/mol. The van der Waals surface area contributed by atoms with Crippen LogP contribution in [0.25, 0.3) is 34.0 Å². The summed E-state index contributed by atoms with van der Waals surface area (Å²) < 4.78 is 5.92. The Bertz CT molecular complexity index is 1160. The van der Waals surface area contributed by atoms with Crippen LogP contribution in [0.2, 0.25) is 0 Å². The smallest absolute Gasteiger partial charge is 0.248 e. The fraction of sp³-hybridized carbons (Fsp3) is 0.0833. The molecule has 5 nitrogen and oxygen atoms in total. The van der Waals surface area contributed by atoms with Crippen LogP contribution in [0.1, 0.15) is 17.9 Å². The summed E-state index contributed by atoms with van der Waals surface area (Å²) in [5.41, 5.74) is 5.30. The average molecular weight is 378 g/mol. The summed E-state index contributed by atoms with van der Waals surface area (Å²) in [6.45, 7) is 0. The van der Waals surface area contributed by atoms with Crippen molar-refractivity contribution in [3.63, 3.8) is 0 Å². The molecule has 2 aromatic heterocycles. The molecule has 0 spiro atoms. The van der Waals surface area contributed by atoms with Crippen molar-refractivity contribution in [3.05, 3.63) is 90.9 Å². The standard InChI is InChI=1S/C24H18N4O/c1-5-21(6-2-17(1)19-9-13-25-14-10-19)23-27-28-24(29-23)22-7-3-18(4-8-22)20-11-15-26-16-12-20/h1-11,13-16,20H,12H2. The number of aliphatic imine (C=N–C) groups is 1. The Balaban J connectivity index is 1.35. The van der Waals surface area contributed by atoms with Gasteiger partial charge in [0.05, 0.1) is 0 Å². The first-order chi connectivity index (χ1) is 14.4. The van der Waals surface area contributed by atoms with Crippen molar-refractivity contribution in [1.82, 2.24) is 15.2 Å². The molecule has 0 fully saturated rings. The molecule has 140 valence electrons. The fourth-order valence-corrected chi connectivity index (χ4v) is 3.39. The van der Waals surface area contributed by atoms with Crippen LogP contribution in [0.4, 0.5) is 0 Å². The maximum atomic E-state index is 5.92. The summed E-state index contributed by atoms with van der Waals surface area (Å²) >= 11 is 0. The zero-order valence-electron chi connectivity index (χ0n) is 15.6. The lowest BCUT2D eigenvalue weighted by Gasteiger charge is -2.12. The zero-order valence-corrected chi connectivity index (χ0v) is 15.6. The molecule has 5 heteroatoms. The van der Waals surface area contributed by atoms with E-state index in [1.807, 2.05) is 60.9 Å². The predicted octanol–water partition coefficient (Wildman–Crippen LogP) is 5.54. The second kappa shape index (κ2) is 7.64. The third kappa shape index (κ3) is 3.62. The van der Waals surface area contributed by atoms with E-state index in [9.17, 15) is 0 Å². The quantitative estimate of drug-likeness (QED) is 0.468. The Labute approximate surface area is 168 Å². The van der Waals surface area contributed by atoms with Gasteiger partial charge in [0.25, 0.3) is 0 Å². The van der Waals surface area contributed by atoms with Gasteiger partial charge in [-0.15, -0.1) is 10.2 Å². The first-order valence-corrected chi connectivity index (χ1v) is 9.50. The Morgan fingerprint density at radius 3 is 1.90 bits per heavy atom. The molecule has 0 saturated carbocycles. The van der Waals surface area contributed by atoms with Crippen molar-refractivity contribution in [2.45, 2.75) is 12.3 Å². The SMILES string of the molecule is C1=CC(c2ccc(-c3nnc(-c4ccc(-c5ccncc5)cc4)o3)cc2)CC=N1. The van der Waals surface area contributed by atoms with Crippen molar-refractivity contribution in [3.8, 4) is 34.0 Å². The third-order valence-corrected chi connectivity index (χ3v) is 5.03. The lowest BCUT2D eigenvalue weighted by Crippen LogP contribution is -1.98. The molecule has 0 aliphatic carbocycles. The van der Waals surface area contributed by atoms with Gasteiger partial charge in [0.2, 0.25) is 11.8 Å². The van der Waals surface area contributed by atoms with Gasteiger partial charge in [-0.1, -0.05) is 30.3 Å². The van der Waals surface area contributed by atoms with E-state index in [0.717, 1.165) is 28.7 Å². The van der Waals surface area contributed by atoms with Gasteiger partial charge in [0.1, 0.15) is 0 Å². The number of pyridine rings is 1. The summed E-state index contributed by atoms with van der Waals surface area (Å²) in [6, 6.07) is 20.3. The normalized spacial score (nSPS) is 15.5. The maximum Gasteiger partial charge on any atom is 0.248 e. The molecule has 1 unspecified atom stereocenters. The highest BCUT2D eigenvalue weighted by atomic mass is 16.4. The number of nitrogens with zero attached hydrogens (tertiary/aromatic N) is 4. The second-order valence-corrected chi connectivity index (χ2v) is 6.86. The average Bonchev–Trinajstić information content (AvgIpc) is 3.31. The van der Waals surface area contributed by atoms with Gasteiger partial charge < -0.3 is 4.42 Å². The molecule has 5 rings (SSSR count). The summed E-state index contributed by atoms with van der Waals surface area (Å²) in [5, 5.41) is 8.45. The third-order valence-electron chi connectivity index (χ3n) is 5.03. The predicted molar refractivity (Wildman–Crippen MR) is 113 cm³/mol. The first-order valence-electron chi connectivity index (χ1n) is 9.50. The molecule has 2 aromatic carbocycles. The molecule has 0 amide bonds. The molecule has 1 aliphatic rings. The molecule has 1 aliphatic heterocycles. The van der Waals surface area contributed by atoms with Crippen LogP contribution in [-0.2, 0) is 0 Å². The van der Waals surface area contributed by atoms with Crippen LogP contribution < -0.4 is 0 Å². The van der Waals surface area contributed by atoms with Crippen LogP contribution in [-0.4, -0.2) is 21.4 Å². The minimum atomic E-state index is 0.374. The van der Waals surface area contributed by atoms with Gasteiger partial charge in [0.15, 0.2) is 0 Å². The van der Waals surface area contributed by atoms with E-state index in [-0.39, 0.29) is 0 Å². The molecule has 29 heavy (non-hydrogen) atoms. The van der Waals surface area contributed by atoms with Crippen molar-refractivity contribution in [1.29, 1.82) is 0 Å². The number of allylic oxidation sites excluding steroid dienone is 1. The number of rotatable bonds is 4. The second-order valence-electron chi connectivity index (χ2n) is 6.86. The van der Waals surface area contributed by atoms with Gasteiger partial charge in [-0.25, -0.2) is 0 Å². The maximum absolute atomic E-state index is 5.92. The van der Waals surface area contributed by atoms with Crippen LogP contribution >= 0.6 is 0 Å². The van der Waals surface area contributed by atoms with Gasteiger partial charge >= 0.3 is 0 Å². The van der Waals surface area contributed by atoms with E-state index in [4.69, 9.17) is 4.42 Å². The molecule has 3 heterocycles. The van der Waals surface area contributed by atoms with Gasteiger partial charge in [-0.05, 0) is 59.5 Å². The van der Waals surface area contributed by atoms with Crippen molar-refractivity contribution >= 4 is 6.21 Å². The molecule has 0 N–H and O–H groups in total. The molecule has 4 aromatic rings. The Hall–Kier alpha value is -3.86. The van der Waals surface area contributed by atoms with Crippen molar-refractivity contribution < 1.29 is 4.42 Å². The Kier molecular flexibility index (Phi) is 4.54. The number of benzene rings is 2. The molecule has 0 saturated heterocycles. The summed E-state index contributed by atoms with van der Waals surface area (Å²) in [5.74, 6) is 1.40. The van der Waals surface area contributed by atoms with Crippen LogP contribution in [0, 0.1) is 0 Å². The molecular weight excluding hydrogens is 360 g/mol. The zero-order chi connectivity index (χ0) is 19.5. The number of hydrogen-bond donors (Lipinski definition) is 0. The highest BCUT2D eigenvalue weighted by molar-refractivity contribution is 5.67. The lowest BCUT2D eigenvalue weighted by molar-refractivity contribution is 0.584. The molecule has 0 radical (unpaired) electrons.